The lowest BCUT2D eigenvalue weighted by molar-refractivity contribution is 0.0629. The predicted molar refractivity (Wildman–Crippen MR) is 144 cm³/mol. The standard InChI is InChI=1S/C29H28N4O3S/c1-17-9-5-6-10-20(17)13-21(16-33-28(35)22-11-7-8-12-23(22)29(33)36)31-27(34)25-14-24(19(3)37-25)26-18(2)15-30-32(26)4/h5-12,14-15,21H,13,16H2,1-4H3,(H,31,34)/t21-/m0/s1. The number of nitrogens with one attached hydrogen (secondary N) is 1. The number of rotatable bonds is 7. The fraction of sp³-hybridized carbons (Fsp3) is 0.241. The Morgan fingerprint density at radius 2 is 1.59 bits per heavy atom. The molecule has 3 heterocycles. The highest BCUT2D eigenvalue weighted by Gasteiger charge is 2.37. The van der Waals surface area contributed by atoms with Crippen molar-refractivity contribution in [1.29, 1.82) is 0 Å². The molecule has 4 aromatic rings. The van der Waals surface area contributed by atoms with Gasteiger partial charge in [0.05, 0.1) is 33.9 Å². The summed E-state index contributed by atoms with van der Waals surface area (Å²) in [4.78, 5) is 42.4. The van der Waals surface area contributed by atoms with E-state index >= 15 is 0 Å². The van der Waals surface area contributed by atoms with Crippen molar-refractivity contribution >= 4 is 29.1 Å². The minimum atomic E-state index is -0.458. The van der Waals surface area contributed by atoms with Crippen molar-refractivity contribution in [2.24, 2.45) is 7.05 Å². The molecule has 0 radical (unpaired) electrons. The molecule has 0 bridgehead atoms. The van der Waals surface area contributed by atoms with Crippen LogP contribution in [0.3, 0.4) is 0 Å². The van der Waals surface area contributed by atoms with E-state index in [2.05, 4.69) is 10.4 Å². The van der Waals surface area contributed by atoms with Gasteiger partial charge in [-0.15, -0.1) is 11.3 Å². The summed E-state index contributed by atoms with van der Waals surface area (Å²) in [5.74, 6) is -0.884. The summed E-state index contributed by atoms with van der Waals surface area (Å²) in [6.45, 7) is 6.10. The van der Waals surface area contributed by atoms with Crippen molar-refractivity contribution in [3.05, 3.63) is 98.4 Å². The maximum atomic E-state index is 13.5. The fourth-order valence-electron chi connectivity index (χ4n) is 4.91. The van der Waals surface area contributed by atoms with Crippen LogP contribution in [0, 0.1) is 20.8 Å². The molecule has 0 saturated heterocycles. The number of thiophene rings is 1. The average molecular weight is 513 g/mol. The van der Waals surface area contributed by atoms with Crippen molar-refractivity contribution in [1.82, 2.24) is 20.0 Å². The van der Waals surface area contributed by atoms with Crippen LogP contribution in [-0.4, -0.2) is 45.0 Å². The second-order valence-corrected chi connectivity index (χ2v) is 10.7. The monoisotopic (exact) mass is 512 g/mol. The third-order valence-corrected chi connectivity index (χ3v) is 7.91. The lowest BCUT2D eigenvalue weighted by Crippen LogP contribution is -2.46. The Balaban J connectivity index is 1.42. The molecular weight excluding hydrogens is 484 g/mol. The summed E-state index contributed by atoms with van der Waals surface area (Å²) in [7, 11) is 1.89. The van der Waals surface area contributed by atoms with Crippen molar-refractivity contribution in [2.45, 2.75) is 33.2 Å². The number of carbonyl (C=O) groups is 3. The minimum Gasteiger partial charge on any atom is -0.346 e. The first-order valence-electron chi connectivity index (χ1n) is 12.1. The van der Waals surface area contributed by atoms with Gasteiger partial charge in [-0.2, -0.15) is 5.10 Å². The average Bonchev–Trinajstić information content (AvgIpc) is 3.50. The van der Waals surface area contributed by atoms with Crippen LogP contribution >= 0.6 is 11.3 Å². The molecule has 2 aromatic heterocycles. The zero-order chi connectivity index (χ0) is 26.3. The quantitative estimate of drug-likeness (QED) is 0.364. The predicted octanol–water partition coefficient (Wildman–Crippen LogP) is 4.71. The molecular formula is C29H28N4O3S. The molecule has 0 saturated carbocycles. The van der Waals surface area contributed by atoms with Gasteiger partial charge in [0.15, 0.2) is 0 Å². The zero-order valence-corrected chi connectivity index (χ0v) is 22.1. The smallest absolute Gasteiger partial charge is 0.261 e. The number of hydrogen-bond donors (Lipinski definition) is 1. The molecule has 5 rings (SSSR count). The molecule has 0 aliphatic carbocycles. The third kappa shape index (κ3) is 4.60. The fourth-order valence-corrected chi connectivity index (χ4v) is 5.83. The molecule has 188 valence electrons. The highest BCUT2D eigenvalue weighted by Crippen LogP contribution is 2.33. The van der Waals surface area contributed by atoms with Crippen LogP contribution in [0.25, 0.3) is 11.3 Å². The first-order chi connectivity index (χ1) is 17.7. The van der Waals surface area contributed by atoms with Gasteiger partial charge < -0.3 is 5.32 Å². The Kier molecular flexibility index (Phi) is 6.52. The first kappa shape index (κ1) is 24.6. The normalized spacial score (nSPS) is 13.7. The summed E-state index contributed by atoms with van der Waals surface area (Å²) in [5, 5.41) is 7.45. The van der Waals surface area contributed by atoms with E-state index in [1.165, 1.54) is 16.2 Å². The lowest BCUT2D eigenvalue weighted by atomic mass is 10.0. The van der Waals surface area contributed by atoms with E-state index in [0.29, 0.717) is 22.4 Å². The van der Waals surface area contributed by atoms with Crippen LogP contribution in [0.15, 0.2) is 60.8 Å². The molecule has 1 atom stereocenters. The summed E-state index contributed by atoms with van der Waals surface area (Å²) < 4.78 is 1.81. The highest BCUT2D eigenvalue weighted by molar-refractivity contribution is 7.14. The summed E-state index contributed by atoms with van der Waals surface area (Å²) in [5.41, 5.74) is 5.94. The second kappa shape index (κ2) is 9.78. The number of carbonyl (C=O) groups excluding carboxylic acids is 3. The molecule has 8 heteroatoms. The van der Waals surface area contributed by atoms with Crippen molar-refractivity contribution in [3.63, 3.8) is 0 Å². The van der Waals surface area contributed by atoms with Gasteiger partial charge in [-0.1, -0.05) is 36.4 Å². The Morgan fingerprint density at radius 1 is 0.946 bits per heavy atom. The van der Waals surface area contributed by atoms with Gasteiger partial charge in [0.1, 0.15) is 0 Å². The molecule has 37 heavy (non-hydrogen) atoms. The van der Waals surface area contributed by atoms with Gasteiger partial charge in [0.2, 0.25) is 0 Å². The van der Waals surface area contributed by atoms with Crippen LogP contribution in [0.4, 0.5) is 0 Å². The molecule has 1 aliphatic rings. The Morgan fingerprint density at radius 3 is 2.22 bits per heavy atom. The number of amides is 3. The van der Waals surface area contributed by atoms with Gasteiger partial charge in [0, 0.05) is 24.0 Å². The third-order valence-electron chi connectivity index (χ3n) is 6.86. The minimum absolute atomic E-state index is 0.0878. The van der Waals surface area contributed by atoms with Crippen molar-refractivity contribution < 1.29 is 14.4 Å². The number of hydrogen-bond acceptors (Lipinski definition) is 5. The van der Waals surface area contributed by atoms with Crippen molar-refractivity contribution in [2.75, 3.05) is 6.54 Å². The molecule has 1 N–H and O–H groups in total. The van der Waals surface area contributed by atoms with E-state index in [1.54, 1.807) is 24.3 Å². The van der Waals surface area contributed by atoms with Crippen LogP contribution < -0.4 is 5.32 Å². The maximum Gasteiger partial charge on any atom is 0.261 e. The Hall–Kier alpha value is -4.04. The molecule has 7 nitrogen and oxygen atoms in total. The molecule has 1 aliphatic heterocycles. The van der Waals surface area contributed by atoms with E-state index in [4.69, 9.17) is 0 Å². The van der Waals surface area contributed by atoms with Crippen LogP contribution in [0.1, 0.15) is 52.0 Å². The van der Waals surface area contributed by atoms with Gasteiger partial charge in [-0.25, -0.2) is 0 Å². The van der Waals surface area contributed by atoms with E-state index in [-0.39, 0.29) is 24.3 Å². The molecule has 0 fully saturated rings. The zero-order valence-electron chi connectivity index (χ0n) is 21.2. The van der Waals surface area contributed by atoms with Crippen molar-refractivity contribution in [3.8, 4) is 11.3 Å². The number of imide groups is 1. The topological polar surface area (TPSA) is 84.3 Å². The number of fused-ring (bicyclic) bond motifs is 1. The SMILES string of the molecule is Cc1ccccc1C[C@@H](CN1C(=O)c2ccccc2C1=O)NC(=O)c1cc(-c2c(C)cnn2C)c(C)s1. The van der Waals surface area contributed by atoms with E-state index in [9.17, 15) is 14.4 Å². The number of aryl methyl sites for hydroxylation is 4. The van der Waals surface area contributed by atoms with Gasteiger partial charge in [-0.3, -0.25) is 24.0 Å². The van der Waals surface area contributed by atoms with Gasteiger partial charge >= 0.3 is 0 Å². The first-order valence-corrected chi connectivity index (χ1v) is 13.0. The van der Waals surface area contributed by atoms with E-state index in [1.807, 2.05) is 69.0 Å². The lowest BCUT2D eigenvalue weighted by Gasteiger charge is -2.24. The van der Waals surface area contributed by atoms with E-state index in [0.717, 1.165) is 32.8 Å². The van der Waals surface area contributed by atoms with E-state index < -0.39 is 6.04 Å². The highest BCUT2D eigenvalue weighted by atomic mass is 32.1. The Labute approximate surface area is 219 Å². The van der Waals surface area contributed by atoms with Crippen LogP contribution in [0.2, 0.25) is 0 Å². The molecule has 2 aromatic carbocycles. The van der Waals surface area contributed by atoms with Gasteiger partial charge in [-0.05, 0) is 62.1 Å². The second-order valence-electron chi connectivity index (χ2n) is 9.45. The molecule has 0 spiro atoms. The largest absolute Gasteiger partial charge is 0.346 e. The Bertz CT molecular complexity index is 1480. The molecule has 3 amide bonds. The van der Waals surface area contributed by atoms with Gasteiger partial charge in [0.25, 0.3) is 17.7 Å². The number of nitrogens with zero attached hydrogens (tertiary/aromatic N) is 3. The molecule has 0 unspecified atom stereocenters. The number of aromatic nitrogens is 2. The summed E-state index contributed by atoms with van der Waals surface area (Å²) >= 11 is 1.42. The summed E-state index contributed by atoms with van der Waals surface area (Å²) in [6.07, 6.45) is 2.30. The summed E-state index contributed by atoms with van der Waals surface area (Å²) in [6, 6.07) is 16.2. The van der Waals surface area contributed by atoms with Crippen LogP contribution in [-0.2, 0) is 13.5 Å². The van der Waals surface area contributed by atoms with Crippen LogP contribution in [0.5, 0.6) is 0 Å². The maximum absolute atomic E-state index is 13.5. The number of benzene rings is 2.